The Kier molecular flexibility index (Phi) is 4.67. The normalized spacial score (nSPS) is 21.1. The molecule has 1 aliphatic heterocycles. The summed E-state index contributed by atoms with van der Waals surface area (Å²) in [4.78, 5) is 25.1. The topological polar surface area (TPSA) is 82.8 Å². The minimum Gasteiger partial charge on any atom is -0.503 e. The second-order valence-electron chi connectivity index (χ2n) is 5.92. The van der Waals surface area contributed by atoms with E-state index in [1.807, 2.05) is 0 Å². The van der Waals surface area contributed by atoms with Gasteiger partial charge >= 0.3 is 5.97 Å². The Labute approximate surface area is 123 Å². The minimum absolute atomic E-state index is 0.418. The van der Waals surface area contributed by atoms with Crippen LogP contribution < -0.4 is 5.43 Å². The van der Waals surface area contributed by atoms with Crippen molar-refractivity contribution in [2.24, 2.45) is 5.92 Å². The van der Waals surface area contributed by atoms with Crippen LogP contribution in [0.4, 0.5) is 0 Å². The van der Waals surface area contributed by atoms with E-state index in [1.54, 1.807) is 0 Å². The number of carboxylic acids is 1. The number of carbonyl (C=O) groups is 1. The summed E-state index contributed by atoms with van der Waals surface area (Å²) in [6, 6.07) is 0.516. The Bertz CT molecular complexity index is 582. The van der Waals surface area contributed by atoms with Crippen LogP contribution in [-0.2, 0) is 11.3 Å². The number of nitrogens with zero attached hydrogens (tertiary/aromatic N) is 2. The molecule has 1 saturated heterocycles. The van der Waals surface area contributed by atoms with Gasteiger partial charge in [-0.3, -0.25) is 9.69 Å². The van der Waals surface area contributed by atoms with Crippen LogP contribution in [0.25, 0.3) is 0 Å². The summed E-state index contributed by atoms with van der Waals surface area (Å²) >= 11 is 0. The molecule has 1 fully saturated rings. The molecule has 2 atom stereocenters. The van der Waals surface area contributed by atoms with Crippen LogP contribution in [0.5, 0.6) is 5.75 Å². The first-order valence-electron chi connectivity index (χ1n) is 7.27. The first-order valence-corrected chi connectivity index (χ1v) is 7.27. The van der Waals surface area contributed by atoms with Gasteiger partial charge in [0.05, 0.1) is 6.20 Å². The van der Waals surface area contributed by atoms with Gasteiger partial charge in [-0.05, 0) is 32.2 Å². The standard InChI is InChI=1S/C15H22N2O4/c1-10-4-3-5-16(7-10)8-12-6-13(18)14(19)9-17(12)11(2)15(20)21/h6,9-11,19H,3-5,7-8H2,1-2H3,(H,20,21). The van der Waals surface area contributed by atoms with Crippen molar-refractivity contribution in [2.45, 2.75) is 39.3 Å². The SMILES string of the molecule is CC1CCCN(Cc2cc(=O)c(O)cn2C(C)C(=O)O)C1. The smallest absolute Gasteiger partial charge is 0.326 e. The summed E-state index contributed by atoms with van der Waals surface area (Å²) in [7, 11) is 0. The third kappa shape index (κ3) is 3.64. The number of hydrogen-bond acceptors (Lipinski definition) is 4. The Balaban J connectivity index is 2.30. The maximum absolute atomic E-state index is 11.7. The van der Waals surface area contributed by atoms with Gasteiger partial charge in [-0.15, -0.1) is 0 Å². The number of hydrogen-bond donors (Lipinski definition) is 2. The molecule has 6 nitrogen and oxygen atoms in total. The van der Waals surface area contributed by atoms with E-state index >= 15 is 0 Å². The predicted molar refractivity (Wildman–Crippen MR) is 78.4 cm³/mol. The van der Waals surface area contributed by atoms with Gasteiger partial charge in [-0.2, -0.15) is 0 Å². The maximum atomic E-state index is 11.7. The molecule has 2 unspecified atom stereocenters. The lowest BCUT2D eigenvalue weighted by atomic mass is 10.0. The van der Waals surface area contributed by atoms with E-state index in [-0.39, 0.29) is 0 Å². The predicted octanol–water partition coefficient (Wildman–Crippen LogP) is 1.43. The number of aromatic hydroxyl groups is 1. The average Bonchev–Trinajstić information content (AvgIpc) is 2.41. The van der Waals surface area contributed by atoms with Crippen LogP contribution in [0, 0.1) is 5.92 Å². The molecule has 1 aromatic heterocycles. The second-order valence-corrected chi connectivity index (χ2v) is 5.92. The van der Waals surface area contributed by atoms with E-state index < -0.39 is 23.2 Å². The van der Waals surface area contributed by atoms with E-state index in [0.29, 0.717) is 18.2 Å². The highest BCUT2D eigenvalue weighted by molar-refractivity contribution is 5.71. The lowest BCUT2D eigenvalue weighted by molar-refractivity contribution is -0.140. The van der Waals surface area contributed by atoms with Crippen molar-refractivity contribution in [2.75, 3.05) is 13.1 Å². The number of aliphatic carboxylic acids is 1. The molecule has 0 radical (unpaired) electrons. The van der Waals surface area contributed by atoms with Crippen LogP contribution in [0.15, 0.2) is 17.1 Å². The Morgan fingerprint density at radius 3 is 2.86 bits per heavy atom. The van der Waals surface area contributed by atoms with Gasteiger partial charge in [0.2, 0.25) is 5.43 Å². The van der Waals surface area contributed by atoms with Gasteiger partial charge in [-0.1, -0.05) is 6.92 Å². The maximum Gasteiger partial charge on any atom is 0.326 e. The monoisotopic (exact) mass is 294 g/mol. The van der Waals surface area contributed by atoms with Crippen LogP contribution in [0.2, 0.25) is 0 Å². The van der Waals surface area contributed by atoms with E-state index in [4.69, 9.17) is 0 Å². The number of likely N-dealkylation sites (tertiary alicyclic amines) is 1. The number of rotatable bonds is 4. The van der Waals surface area contributed by atoms with Gasteiger partial charge in [0, 0.05) is 24.8 Å². The Morgan fingerprint density at radius 1 is 1.52 bits per heavy atom. The van der Waals surface area contributed by atoms with Gasteiger partial charge in [0.1, 0.15) is 6.04 Å². The molecule has 2 rings (SSSR count). The highest BCUT2D eigenvalue weighted by Gasteiger charge is 2.21. The molecule has 2 heterocycles. The van der Waals surface area contributed by atoms with Crippen molar-refractivity contribution in [1.82, 2.24) is 9.47 Å². The Hall–Kier alpha value is -1.82. The summed E-state index contributed by atoms with van der Waals surface area (Å²) in [6.45, 7) is 6.14. The zero-order chi connectivity index (χ0) is 15.6. The van der Waals surface area contributed by atoms with Crippen LogP contribution in [-0.4, -0.2) is 38.7 Å². The van der Waals surface area contributed by atoms with Gasteiger partial charge in [-0.25, -0.2) is 4.79 Å². The molecule has 0 saturated carbocycles. The lowest BCUT2D eigenvalue weighted by Gasteiger charge is -2.32. The molecule has 0 spiro atoms. The molecule has 0 aromatic carbocycles. The molecule has 6 heteroatoms. The highest BCUT2D eigenvalue weighted by Crippen LogP contribution is 2.20. The van der Waals surface area contributed by atoms with Crippen LogP contribution in [0.3, 0.4) is 0 Å². The number of pyridine rings is 1. The Morgan fingerprint density at radius 2 is 2.24 bits per heavy atom. The van der Waals surface area contributed by atoms with Gasteiger partial charge in [0.15, 0.2) is 5.75 Å². The molecule has 2 N–H and O–H groups in total. The molecule has 0 aliphatic carbocycles. The fraction of sp³-hybridized carbons (Fsp3) is 0.600. The molecule has 1 aromatic rings. The van der Waals surface area contributed by atoms with Gasteiger partial charge < -0.3 is 14.8 Å². The lowest BCUT2D eigenvalue weighted by Crippen LogP contribution is -2.35. The summed E-state index contributed by atoms with van der Waals surface area (Å²) in [6.07, 6.45) is 3.53. The molecule has 21 heavy (non-hydrogen) atoms. The fourth-order valence-electron chi connectivity index (χ4n) is 2.84. The number of aromatic nitrogens is 1. The fourth-order valence-corrected chi connectivity index (χ4v) is 2.84. The van der Waals surface area contributed by atoms with E-state index in [0.717, 1.165) is 19.5 Å². The molecule has 0 amide bonds. The van der Waals surface area contributed by atoms with Crippen LogP contribution >= 0.6 is 0 Å². The van der Waals surface area contributed by atoms with E-state index in [2.05, 4.69) is 11.8 Å². The molecule has 116 valence electrons. The van der Waals surface area contributed by atoms with Crippen molar-refractivity contribution in [3.8, 4) is 5.75 Å². The minimum atomic E-state index is -0.994. The van der Waals surface area contributed by atoms with Crippen molar-refractivity contribution < 1.29 is 15.0 Å². The second kappa shape index (κ2) is 6.30. The quantitative estimate of drug-likeness (QED) is 0.878. The molecule has 1 aliphatic rings. The van der Waals surface area contributed by atoms with Crippen molar-refractivity contribution in [1.29, 1.82) is 0 Å². The van der Waals surface area contributed by atoms with Gasteiger partial charge in [0.25, 0.3) is 0 Å². The molecular formula is C15H22N2O4. The van der Waals surface area contributed by atoms with Crippen molar-refractivity contribution in [3.63, 3.8) is 0 Å². The van der Waals surface area contributed by atoms with Crippen molar-refractivity contribution in [3.05, 3.63) is 28.2 Å². The van der Waals surface area contributed by atoms with Crippen LogP contribution in [0.1, 0.15) is 38.4 Å². The zero-order valence-corrected chi connectivity index (χ0v) is 12.5. The summed E-state index contributed by atoms with van der Waals surface area (Å²) < 4.78 is 1.47. The first-order chi connectivity index (χ1) is 9.88. The van der Waals surface area contributed by atoms with E-state index in [9.17, 15) is 19.8 Å². The van der Waals surface area contributed by atoms with E-state index in [1.165, 1.54) is 30.2 Å². The zero-order valence-electron chi connectivity index (χ0n) is 12.5. The summed E-state index contributed by atoms with van der Waals surface area (Å²) in [5.41, 5.74) is 0.158. The third-order valence-corrected chi connectivity index (χ3v) is 4.04. The number of carboxylic acid groups (broad SMARTS) is 1. The van der Waals surface area contributed by atoms with Crippen molar-refractivity contribution >= 4 is 5.97 Å². The number of piperidine rings is 1. The summed E-state index contributed by atoms with van der Waals surface area (Å²) in [5.74, 6) is -0.807. The highest BCUT2D eigenvalue weighted by atomic mass is 16.4. The molecule has 0 bridgehead atoms. The first kappa shape index (κ1) is 15.6. The summed E-state index contributed by atoms with van der Waals surface area (Å²) in [5, 5.41) is 18.7. The third-order valence-electron chi connectivity index (χ3n) is 4.04. The largest absolute Gasteiger partial charge is 0.503 e. The molecular weight excluding hydrogens is 272 g/mol. The average molecular weight is 294 g/mol.